The molecule has 3 rings (SSSR count). The third kappa shape index (κ3) is 2.40. The summed E-state index contributed by atoms with van der Waals surface area (Å²) in [5, 5.41) is 12.3. The molecule has 2 aromatic rings. The number of fused-ring (bicyclic) bond motifs is 1. The van der Waals surface area contributed by atoms with Gasteiger partial charge in [-0.2, -0.15) is 0 Å². The minimum absolute atomic E-state index is 0.242. The third-order valence-corrected chi connectivity index (χ3v) is 3.53. The number of phenols is 1. The zero-order valence-corrected chi connectivity index (χ0v) is 11.3. The van der Waals surface area contributed by atoms with Crippen molar-refractivity contribution in [1.82, 2.24) is 9.99 Å². The van der Waals surface area contributed by atoms with E-state index in [0.717, 1.165) is 24.2 Å². The van der Waals surface area contributed by atoms with Gasteiger partial charge in [0.1, 0.15) is 0 Å². The van der Waals surface area contributed by atoms with Crippen LogP contribution in [0.5, 0.6) is 11.5 Å². The number of rotatable bonds is 3. The maximum Gasteiger partial charge on any atom is 0.162 e. The Bertz CT molecular complexity index is 602. The number of anilines is 1. The average Bonchev–Trinajstić information content (AvgIpc) is 2.49. The van der Waals surface area contributed by atoms with E-state index < -0.39 is 0 Å². The normalized spacial score (nSPS) is 14.7. The van der Waals surface area contributed by atoms with Crippen LogP contribution in [0.4, 0.5) is 5.69 Å². The van der Waals surface area contributed by atoms with Crippen molar-refractivity contribution in [2.24, 2.45) is 0 Å². The van der Waals surface area contributed by atoms with Crippen molar-refractivity contribution >= 4 is 5.69 Å². The maximum atomic E-state index is 10.2. The van der Waals surface area contributed by atoms with Gasteiger partial charge in [0.15, 0.2) is 11.5 Å². The van der Waals surface area contributed by atoms with Crippen molar-refractivity contribution in [3.05, 3.63) is 47.8 Å². The molecule has 0 radical (unpaired) electrons. The Balaban J connectivity index is 1.81. The van der Waals surface area contributed by atoms with E-state index in [0.29, 0.717) is 12.3 Å². The minimum atomic E-state index is 0.242. The smallest absolute Gasteiger partial charge is 0.162 e. The van der Waals surface area contributed by atoms with Crippen LogP contribution in [0.2, 0.25) is 0 Å². The van der Waals surface area contributed by atoms with Crippen molar-refractivity contribution in [3.8, 4) is 11.5 Å². The molecule has 1 aliphatic heterocycles. The summed E-state index contributed by atoms with van der Waals surface area (Å²) < 4.78 is 5.17. The largest absolute Gasteiger partial charge is 0.504 e. The monoisotopic (exact) mass is 271 g/mol. The Morgan fingerprint density at radius 3 is 2.80 bits per heavy atom. The van der Waals surface area contributed by atoms with E-state index in [9.17, 15) is 5.11 Å². The molecule has 5 nitrogen and oxygen atoms in total. The van der Waals surface area contributed by atoms with Gasteiger partial charge in [0.25, 0.3) is 0 Å². The summed E-state index contributed by atoms with van der Waals surface area (Å²) >= 11 is 0. The van der Waals surface area contributed by atoms with Crippen molar-refractivity contribution < 1.29 is 9.84 Å². The van der Waals surface area contributed by atoms with Crippen LogP contribution in [0.3, 0.4) is 0 Å². The molecule has 5 heteroatoms. The van der Waals surface area contributed by atoms with Gasteiger partial charge in [-0.25, -0.2) is 5.01 Å². The maximum absolute atomic E-state index is 10.2. The number of pyridine rings is 1. The summed E-state index contributed by atoms with van der Waals surface area (Å²) in [6, 6.07) is 7.68. The summed E-state index contributed by atoms with van der Waals surface area (Å²) in [5.41, 5.74) is 6.42. The SMILES string of the molecule is COc1ccc2c(c1O)CN(Nc1ccncc1)CC2. The molecule has 0 unspecified atom stereocenters. The van der Waals surface area contributed by atoms with E-state index in [2.05, 4.69) is 15.4 Å². The van der Waals surface area contributed by atoms with Crippen molar-refractivity contribution in [2.45, 2.75) is 13.0 Å². The third-order valence-electron chi connectivity index (χ3n) is 3.53. The van der Waals surface area contributed by atoms with Gasteiger partial charge in [0, 0.05) is 31.0 Å². The summed E-state index contributed by atoms with van der Waals surface area (Å²) in [6.45, 7) is 1.53. The lowest BCUT2D eigenvalue weighted by Crippen LogP contribution is -2.35. The Morgan fingerprint density at radius 2 is 2.05 bits per heavy atom. The van der Waals surface area contributed by atoms with E-state index in [1.807, 2.05) is 24.3 Å². The number of hydrazine groups is 1. The van der Waals surface area contributed by atoms with Crippen LogP contribution in [-0.4, -0.2) is 28.8 Å². The lowest BCUT2D eigenvalue weighted by atomic mass is 9.99. The van der Waals surface area contributed by atoms with Gasteiger partial charge >= 0.3 is 0 Å². The second-order valence-corrected chi connectivity index (χ2v) is 4.77. The van der Waals surface area contributed by atoms with E-state index in [-0.39, 0.29) is 5.75 Å². The summed E-state index contributed by atoms with van der Waals surface area (Å²) in [6.07, 6.45) is 4.40. The van der Waals surface area contributed by atoms with Crippen LogP contribution < -0.4 is 10.2 Å². The molecule has 0 saturated carbocycles. The van der Waals surface area contributed by atoms with Gasteiger partial charge in [0.05, 0.1) is 12.8 Å². The highest BCUT2D eigenvalue weighted by Crippen LogP contribution is 2.35. The first kappa shape index (κ1) is 12.7. The number of nitrogens with zero attached hydrogens (tertiary/aromatic N) is 2. The molecule has 0 atom stereocenters. The van der Waals surface area contributed by atoms with Crippen LogP contribution in [0.15, 0.2) is 36.7 Å². The Hall–Kier alpha value is -2.27. The number of aromatic nitrogens is 1. The average molecular weight is 271 g/mol. The zero-order chi connectivity index (χ0) is 13.9. The Kier molecular flexibility index (Phi) is 3.43. The van der Waals surface area contributed by atoms with Gasteiger partial charge in [-0.3, -0.25) is 4.98 Å². The van der Waals surface area contributed by atoms with E-state index in [1.165, 1.54) is 5.56 Å². The van der Waals surface area contributed by atoms with Crippen molar-refractivity contribution in [2.75, 3.05) is 19.1 Å². The molecule has 0 fully saturated rings. The first-order valence-corrected chi connectivity index (χ1v) is 6.57. The molecule has 0 spiro atoms. The molecule has 2 N–H and O–H groups in total. The molecule has 2 heterocycles. The second-order valence-electron chi connectivity index (χ2n) is 4.77. The number of hydrogen-bond donors (Lipinski definition) is 2. The summed E-state index contributed by atoms with van der Waals surface area (Å²) in [7, 11) is 1.57. The highest BCUT2D eigenvalue weighted by molar-refractivity contribution is 5.51. The quantitative estimate of drug-likeness (QED) is 0.896. The molecule has 0 aliphatic carbocycles. The summed E-state index contributed by atoms with van der Waals surface area (Å²) in [5.74, 6) is 0.765. The standard InChI is InChI=1S/C15H17N3O2/c1-20-14-3-2-11-6-9-18(10-13(11)15(14)19)17-12-4-7-16-8-5-12/h2-5,7-8,19H,6,9-10H2,1H3,(H,16,17). The summed E-state index contributed by atoms with van der Waals surface area (Å²) in [4.78, 5) is 4.00. The fraction of sp³-hybridized carbons (Fsp3) is 0.267. The van der Waals surface area contributed by atoms with Gasteiger partial charge in [-0.05, 0) is 30.2 Å². The van der Waals surface area contributed by atoms with Gasteiger partial charge in [-0.15, -0.1) is 0 Å². The van der Waals surface area contributed by atoms with Crippen LogP contribution in [-0.2, 0) is 13.0 Å². The fourth-order valence-electron chi connectivity index (χ4n) is 2.46. The molecule has 1 aromatic heterocycles. The van der Waals surface area contributed by atoms with E-state index in [4.69, 9.17) is 4.74 Å². The number of methoxy groups -OCH3 is 1. The van der Waals surface area contributed by atoms with Crippen LogP contribution >= 0.6 is 0 Å². The van der Waals surface area contributed by atoms with Gasteiger partial charge in [-0.1, -0.05) is 6.07 Å². The van der Waals surface area contributed by atoms with Gasteiger partial charge < -0.3 is 15.3 Å². The van der Waals surface area contributed by atoms with Crippen LogP contribution in [0, 0.1) is 0 Å². The number of benzene rings is 1. The number of hydrogen-bond acceptors (Lipinski definition) is 5. The molecular weight excluding hydrogens is 254 g/mol. The molecule has 0 saturated heterocycles. The van der Waals surface area contributed by atoms with E-state index >= 15 is 0 Å². The Labute approximate surface area is 117 Å². The highest BCUT2D eigenvalue weighted by Gasteiger charge is 2.21. The fourth-order valence-corrected chi connectivity index (χ4v) is 2.46. The lowest BCUT2D eigenvalue weighted by molar-refractivity contribution is 0.295. The number of phenolic OH excluding ortho intramolecular Hbond substituents is 1. The first-order valence-electron chi connectivity index (χ1n) is 6.57. The molecule has 20 heavy (non-hydrogen) atoms. The molecule has 0 bridgehead atoms. The van der Waals surface area contributed by atoms with Gasteiger partial charge in [0.2, 0.25) is 0 Å². The highest BCUT2D eigenvalue weighted by atomic mass is 16.5. The number of ether oxygens (including phenoxy) is 1. The van der Waals surface area contributed by atoms with E-state index in [1.54, 1.807) is 19.5 Å². The molecule has 0 amide bonds. The zero-order valence-electron chi connectivity index (χ0n) is 11.3. The predicted octanol–water partition coefficient (Wildman–Crippen LogP) is 2.18. The number of nitrogens with one attached hydrogen (secondary N) is 1. The van der Waals surface area contributed by atoms with Crippen LogP contribution in [0.25, 0.3) is 0 Å². The molecule has 104 valence electrons. The molecular formula is C15H17N3O2. The molecule has 1 aromatic carbocycles. The minimum Gasteiger partial charge on any atom is -0.504 e. The predicted molar refractivity (Wildman–Crippen MR) is 76.6 cm³/mol. The van der Waals surface area contributed by atoms with Crippen molar-refractivity contribution in [3.63, 3.8) is 0 Å². The van der Waals surface area contributed by atoms with Crippen LogP contribution in [0.1, 0.15) is 11.1 Å². The first-order chi connectivity index (χ1) is 9.78. The van der Waals surface area contributed by atoms with Crippen molar-refractivity contribution in [1.29, 1.82) is 0 Å². The number of aromatic hydroxyl groups is 1. The topological polar surface area (TPSA) is 57.6 Å². The molecule has 1 aliphatic rings. The second kappa shape index (κ2) is 5.38. The Morgan fingerprint density at radius 1 is 1.25 bits per heavy atom. The lowest BCUT2D eigenvalue weighted by Gasteiger charge is -2.30.